The van der Waals surface area contributed by atoms with E-state index in [1.807, 2.05) is 0 Å². The van der Waals surface area contributed by atoms with E-state index in [0.29, 0.717) is 5.92 Å². The lowest BCUT2D eigenvalue weighted by Gasteiger charge is -2.41. The van der Waals surface area contributed by atoms with Crippen LogP contribution in [0.5, 0.6) is 0 Å². The molecule has 112 valence electrons. The van der Waals surface area contributed by atoms with Crippen molar-refractivity contribution in [3.8, 4) is 0 Å². The molecule has 3 N–H and O–H groups in total. The zero-order chi connectivity index (χ0) is 13.9. The number of hydrogen-bond donors (Lipinski definition) is 2. The smallest absolute Gasteiger partial charge is 0.0939 e. The predicted octanol–water partition coefficient (Wildman–Crippen LogP) is 1.22. The molecule has 0 radical (unpaired) electrons. The summed E-state index contributed by atoms with van der Waals surface area (Å²) in [5, 5.41) is 0. The molecule has 0 aromatic carbocycles. The molecule has 0 aromatic heterocycles. The molecule has 3 unspecified atom stereocenters. The molecule has 0 aromatic rings. The summed E-state index contributed by atoms with van der Waals surface area (Å²) in [6.07, 6.45) is 3.99. The second kappa shape index (κ2) is 6.06. The number of nitrogens with two attached hydrogens (primary N) is 1. The Kier molecular flexibility index (Phi) is 4.84. The van der Waals surface area contributed by atoms with E-state index in [1.165, 1.54) is 0 Å². The molecular formula is C14H28N2O3. The Morgan fingerprint density at radius 1 is 1.47 bits per heavy atom. The van der Waals surface area contributed by atoms with E-state index in [4.69, 9.17) is 20.1 Å². The zero-order valence-electron chi connectivity index (χ0n) is 12.4. The van der Waals surface area contributed by atoms with Crippen LogP contribution in [0.4, 0.5) is 0 Å². The highest BCUT2D eigenvalue weighted by Gasteiger charge is 2.43. The highest BCUT2D eigenvalue weighted by Crippen LogP contribution is 2.38. The molecule has 2 saturated heterocycles. The van der Waals surface area contributed by atoms with E-state index in [1.54, 1.807) is 7.11 Å². The van der Waals surface area contributed by atoms with Crippen LogP contribution < -0.4 is 11.3 Å². The lowest BCUT2D eigenvalue weighted by molar-refractivity contribution is -0.107. The summed E-state index contributed by atoms with van der Waals surface area (Å²) >= 11 is 0. The van der Waals surface area contributed by atoms with Crippen LogP contribution in [0.15, 0.2) is 0 Å². The first-order chi connectivity index (χ1) is 9.00. The number of ether oxygens (including phenoxy) is 3. The summed E-state index contributed by atoms with van der Waals surface area (Å²) in [6, 6.07) is 0.260. The molecule has 5 heteroatoms. The van der Waals surface area contributed by atoms with Gasteiger partial charge in [0.05, 0.1) is 17.8 Å². The van der Waals surface area contributed by atoms with Crippen LogP contribution in [0.2, 0.25) is 0 Å². The second-order valence-electron chi connectivity index (χ2n) is 6.53. The predicted molar refractivity (Wildman–Crippen MR) is 73.7 cm³/mol. The van der Waals surface area contributed by atoms with Crippen molar-refractivity contribution in [2.24, 2.45) is 11.8 Å². The van der Waals surface area contributed by atoms with E-state index in [0.717, 1.165) is 45.5 Å². The summed E-state index contributed by atoms with van der Waals surface area (Å²) in [6.45, 7) is 6.56. The highest BCUT2D eigenvalue weighted by molar-refractivity contribution is 4.94. The minimum Gasteiger partial charge on any atom is -0.379 e. The van der Waals surface area contributed by atoms with Crippen LogP contribution in [0.3, 0.4) is 0 Å². The van der Waals surface area contributed by atoms with Gasteiger partial charge in [-0.05, 0) is 39.0 Å². The van der Waals surface area contributed by atoms with E-state index in [2.05, 4.69) is 19.3 Å². The molecule has 2 rings (SSSR count). The van der Waals surface area contributed by atoms with Crippen molar-refractivity contribution in [3.63, 3.8) is 0 Å². The fourth-order valence-corrected chi connectivity index (χ4v) is 3.25. The normalized spacial score (nSPS) is 33.8. The van der Waals surface area contributed by atoms with Crippen molar-refractivity contribution < 1.29 is 14.2 Å². The van der Waals surface area contributed by atoms with Gasteiger partial charge in [0.15, 0.2) is 0 Å². The molecule has 2 aliphatic heterocycles. The molecule has 2 heterocycles. The van der Waals surface area contributed by atoms with E-state index >= 15 is 0 Å². The molecular weight excluding hydrogens is 244 g/mol. The highest BCUT2D eigenvalue weighted by atomic mass is 16.6. The lowest BCUT2D eigenvalue weighted by atomic mass is 9.78. The third kappa shape index (κ3) is 3.67. The van der Waals surface area contributed by atoms with Crippen LogP contribution in [0, 0.1) is 5.92 Å². The molecule has 1 spiro atoms. The average molecular weight is 272 g/mol. The van der Waals surface area contributed by atoms with E-state index in [-0.39, 0.29) is 17.2 Å². The van der Waals surface area contributed by atoms with Crippen LogP contribution in [-0.2, 0) is 14.2 Å². The summed E-state index contributed by atoms with van der Waals surface area (Å²) in [4.78, 5) is 0. The fraction of sp³-hybridized carbons (Fsp3) is 1.00. The van der Waals surface area contributed by atoms with Gasteiger partial charge in [-0.3, -0.25) is 11.3 Å². The van der Waals surface area contributed by atoms with Crippen molar-refractivity contribution in [2.75, 3.05) is 26.9 Å². The molecule has 0 aliphatic carbocycles. The van der Waals surface area contributed by atoms with Gasteiger partial charge in [0.1, 0.15) is 0 Å². The van der Waals surface area contributed by atoms with E-state index in [9.17, 15) is 0 Å². The van der Waals surface area contributed by atoms with Gasteiger partial charge in [-0.15, -0.1) is 0 Å². The van der Waals surface area contributed by atoms with Crippen LogP contribution in [0.25, 0.3) is 0 Å². The molecule has 2 fully saturated rings. The number of hydrazine groups is 1. The van der Waals surface area contributed by atoms with Gasteiger partial charge >= 0.3 is 0 Å². The number of hydrogen-bond acceptors (Lipinski definition) is 5. The summed E-state index contributed by atoms with van der Waals surface area (Å²) in [7, 11) is 1.75. The number of rotatable bonds is 5. The Labute approximate surface area is 116 Å². The Morgan fingerprint density at radius 2 is 2.26 bits per heavy atom. The van der Waals surface area contributed by atoms with Crippen molar-refractivity contribution in [1.82, 2.24) is 5.43 Å². The Hall–Kier alpha value is -0.200. The first kappa shape index (κ1) is 15.2. The quantitative estimate of drug-likeness (QED) is 0.582. The van der Waals surface area contributed by atoms with Gasteiger partial charge in [-0.2, -0.15) is 0 Å². The lowest BCUT2D eigenvalue weighted by Crippen LogP contribution is -2.51. The van der Waals surface area contributed by atoms with Crippen molar-refractivity contribution >= 4 is 0 Å². The van der Waals surface area contributed by atoms with E-state index < -0.39 is 0 Å². The monoisotopic (exact) mass is 272 g/mol. The van der Waals surface area contributed by atoms with Gasteiger partial charge in [0.25, 0.3) is 0 Å². The van der Waals surface area contributed by atoms with Gasteiger partial charge in [0, 0.05) is 32.8 Å². The first-order valence-electron chi connectivity index (χ1n) is 7.23. The minimum absolute atomic E-state index is 0.0603. The third-order valence-corrected chi connectivity index (χ3v) is 4.65. The minimum atomic E-state index is -0.158. The molecule has 0 saturated carbocycles. The number of nitrogens with one attached hydrogen (secondary N) is 1. The maximum atomic E-state index is 5.98. The summed E-state index contributed by atoms with van der Waals surface area (Å²) < 4.78 is 17.0. The zero-order valence-corrected chi connectivity index (χ0v) is 12.4. The summed E-state index contributed by atoms with van der Waals surface area (Å²) in [5.74, 6) is 6.30. The molecule has 2 aliphatic rings. The second-order valence-corrected chi connectivity index (χ2v) is 6.53. The summed E-state index contributed by atoms with van der Waals surface area (Å²) in [5.41, 5.74) is 2.77. The molecule has 19 heavy (non-hydrogen) atoms. The molecule has 5 nitrogen and oxygen atoms in total. The molecule has 3 atom stereocenters. The van der Waals surface area contributed by atoms with Crippen LogP contribution >= 0.6 is 0 Å². The topological polar surface area (TPSA) is 65.7 Å². The van der Waals surface area contributed by atoms with Crippen molar-refractivity contribution in [1.29, 1.82) is 0 Å². The Bertz CT molecular complexity index is 290. The van der Waals surface area contributed by atoms with Gasteiger partial charge < -0.3 is 14.2 Å². The fourth-order valence-electron chi connectivity index (χ4n) is 3.25. The maximum Gasteiger partial charge on any atom is 0.0939 e. The van der Waals surface area contributed by atoms with Gasteiger partial charge in [-0.25, -0.2) is 0 Å². The third-order valence-electron chi connectivity index (χ3n) is 4.65. The van der Waals surface area contributed by atoms with Gasteiger partial charge in [-0.1, -0.05) is 0 Å². The average Bonchev–Trinajstić information content (AvgIpc) is 2.84. The molecule has 0 bridgehead atoms. The number of methoxy groups -OCH3 is 1. The van der Waals surface area contributed by atoms with Crippen molar-refractivity contribution in [3.05, 3.63) is 0 Å². The molecule has 0 amide bonds. The van der Waals surface area contributed by atoms with Crippen LogP contribution in [0.1, 0.15) is 39.5 Å². The van der Waals surface area contributed by atoms with Crippen molar-refractivity contribution in [2.45, 2.75) is 56.8 Å². The van der Waals surface area contributed by atoms with Gasteiger partial charge in [0.2, 0.25) is 0 Å². The first-order valence-corrected chi connectivity index (χ1v) is 7.23. The Balaban J connectivity index is 1.98. The largest absolute Gasteiger partial charge is 0.379 e. The standard InChI is InChI=1S/C14H28N2O3/c1-13(2,17-3)9-12(16-15)11-4-6-19-14(8-11)5-7-18-10-14/h11-12,16H,4-10,15H2,1-3H3. The maximum absolute atomic E-state index is 5.98. The van der Waals surface area contributed by atoms with Crippen LogP contribution in [-0.4, -0.2) is 44.2 Å². The Morgan fingerprint density at radius 3 is 2.84 bits per heavy atom. The SMILES string of the molecule is COC(C)(C)CC(NN)C1CCOC2(CCOC2)C1.